The van der Waals surface area contributed by atoms with Gasteiger partial charge in [-0.2, -0.15) is 4.68 Å². The molecule has 0 amide bonds. The van der Waals surface area contributed by atoms with Gasteiger partial charge in [0.1, 0.15) is 5.56 Å². The third kappa shape index (κ3) is 3.37. The van der Waals surface area contributed by atoms with Crippen LogP contribution in [-0.4, -0.2) is 35.9 Å². The number of hydrogen-bond acceptors (Lipinski definition) is 5. The largest absolute Gasteiger partial charge is 0.359 e. The molecular formula is C22H21N5O2S. The lowest BCUT2D eigenvalue weighted by Gasteiger charge is -2.17. The molecular weight excluding hydrogens is 398 g/mol. The van der Waals surface area contributed by atoms with Crippen molar-refractivity contribution in [1.82, 2.24) is 24.3 Å². The van der Waals surface area contributed by atoms with Crippen LogP contribution in [0.3, 0.4) is 0 Å². The first kappa shape index (κ1) is 18.9. The number of nitrogens with zero attached hydrogens (tertiary/aromatic N) is 4. The smallest absolute Gasteiger partial charge is 0.284 e. The lowest BCUT2D eigenvalue weighted by atomic mass is 10.1. The summed E-state index contributed by atoms with van der Waals surface area (Å²) in [7, 11) is 0. The van der Waals surface area contributed by atoms with Crippen molar-refractivity contribution in [1.29, 1.82) is 0 Å². The fourth-order valence-corrected chi connectivity index (χ4v) is 4.84. The summed E-state index contributed by atoms with van der Waals surface area (Å²) in [5.41, 5.74) is 2.77. The zero-order valence-electron chi connectivity index (χ0n) is 16.4. The molecule has 7 nitrogen and oxygen atoms in total. The van der Waals surface area contributed by atoms with E-state index in [1.54, 1.807) is 12.3 Å². The van der Waals surface area contributed by atoms with Crippen molar-refractivity contribution in [2.75, 3.05) is 5.75 Å². The minimum atomic E-state index is -0.131. The third-order valence-electron chi connectivity index (χ3n) is 5.40. The van der Waals surface area contributed by atoms with Gasteiger partial charge >= 0.3 is 0 Å². The van der Waals surface area contributed by atoms with E-state index in [9.17, 15) is 9.59 Å². The van der Waals surface area contributed by atoms with Crippen LogP contribution in [-0.2, 0) is 13.0 Å². The van der Waals surface area contributed by atoms with Crippen molar-refractivity contribution < 1.29 is 4.79 Å². The number of fused-ring (bicyclic) bond motifs is 3. The summed E-state index contributed by atoms with van der Waals surface area (Å²) in [5, 5.41) is 5.28. The molecule has 0 saturated carbocycles. The number of ketones is 1. The van der Waals surface area contributed by atoms with E-state index in [0.29, 0.717) is 17.1 Å². The van der Waals surface area contributed by atoms with E-state index in [2.05, 4.69) is 14.6 Å². The summed E-state index contributed by atoms with van der Waals surface area (Å²) in [6.45, 7) is 0.799. The second kappa shape index (κ2) is 7.95. The summed E-state index contributed by atoms with van der Waals surface area (Å²) in [6.07, 6.45) is 5.72. The quantitative estimate of drug-likeness (QED) is 0.304. The van der Waals surface area contributed by atoms with Crippen molar-refractivity contribution in [3.05, 3.63) is 70.4 Å². The maximum absolute atomic E-state index is 13.2. The minimum absolute atomic E-state index is 0.0224. The number of carbonyl (C=O) groups is 1. The van der Waals surface area contributed by atoms with Crippen LogP contribution in [0.5, 0.6) is 0 Å². The summed E-state index contributed by atoms with van der Waals surface area (Å²) >= 11 is 1.41. The Kier molecular flexibility index (Phi) is 5.00. The average Bonchev–Trinajstić information content (AvgIpc) is 3.35. The number of thioether (sulfide) groups is 1. The van der Waals surface area contributed by atoms with Crippen LogP contribution in [0, 0.1) is 0 Å². The lowest BCUT2D eigenvalue weighted by Crippen LogP contribution is -2.19. The number of aromatic nitrogens is 5. The summed E-state index contributed by atoms with van der Waals surface area (Å²) in [5.74, 6) is 0.753. The Labute approximate surface area is 177 Å². The molecule has 8 heteroatoms. The second-order valence-electron chi connectivity index (χ2n) is 7.35. The molecule has 0 fully saturated rings. The van der Waals surface area contributed by atoms with Gasteiger partial charge in [-0.1, -0.05) is 36.4 Å². The molecule has 152 valence electrons. The zero-order valence-corrected chi connectivity index (χ0v) is 17.2. The fourth-order valence-electron chi connectivity index (χ4n) is 3.92. The Balaban J connectivity index is 1.59. The van der Waals surface area contributed by atoms with E-state index < -0.39 is 0 Å². The first-order valence-corrected chi connectivity index (χ1v) is 11.1. The summed E-state index contributed by atoms with van der Waals surface area (Å²) in [6, 6.07) is 13.0. The molecule has 30 heavy (non-hydrogen) atoms. The number of H-pyrrole nitrogens is 1. The molecule has 2 aromatic rings. The van der Waals surface area contributed by atoms with Crippen molar-refractivity contribution in [2.24, 2.45) is 0 Å². The molecule has 0 spiro atoms. The Morgan fingerprint density at radius 3 is 2.77 bits per heavy atom. The molecule has 0 unspecified atom stereocenters. The first-order valence-electron chi connectivity index (χ1n) is 10.1. The normalized spacial score (nSPS) is 13.9. The van der Waals surface area contributed by atoms with Crippen molar-refractivity contribution >= 4 is 17.5 Å². The van der Waals surface area contributed by atoms with Crippen LogP contribution in [0.2, 0.25) is 0 Å². The Hall–Kier alpha value is -3.13. The van der Waals surface area contributed by atoms with Crippen LogP contribution in [0.25, 0.3) is 17.1 Å². The minimum Gasteiger partial charge on any atom is -0.359 e. The Bertz CT molecular complexity index is 1210. The van der Waals surface area contributed by atoms with E-state index in [-0.39, 0.29) is 17.1 Å². The molecule has 0 atom stereocenters. The molecule has 0 radical (unpaired) electrons. The molecule has 3 aliphatic rings. The van der Waals surface area contributed by atoms with E-state index in [1.165, 1.54) is 16.4 Å². The number of carbonyl (C=O) groups excluding carboxylic acids is 1. The highest BCUT2D eigenvalue weighted by atomic mass is 32.2. The van der Waals surface area contributed by atoms with E-state index in [0.717, 1.165) is 48.8 Å². The molecule has 1 aromatic heterocycles. The molecule has 1 N–H and O–H groups in total. The van der Waals surface area contributed by atoms with Crippen molar-refractivity contribution in [2.45, 2.75) is 37.4 Å². The predicted molar refractivity (Wildman–Crippen MR) is 116 cm³/mol. The zero-order chi connectivity index (χ0) is 20.5. The predicted octanol–water partition coefficient (Wildman–Crippen LogP) is 3.56. The van der Waals surface area contributed by atoms with Crippen LogP contribution in [0.15, 0.2) is 58.6 Å². The van der Waals surface area contributed by atoms with Crippen molar-refractivity contribution in [3.63, 3.8) is 0 Å². The highest BCUT2D eigenvalue weighted by molar-refractivity contribution is 7.99. The monoisotopic (exact) mass is 419 g/mol. The summed E-state index contributed by atoms with van der Waals surface area (Å²) in [4.78, 5) is 33.4. The van der Waals surface area contributed by atoms with Gasteiger partial charge in [0.15, 0.2) is 16.8 Å². The third-order valence-corrected chi connectivity index (χ3v) is 6.37. The highest BCUT2D eigenvalue weighted by Crippen LogP contribution is 2.30. The topological polar surface area (TPSA) is 85.6 Å². The van der Waals surface area contributed by atoms with Gasteiger partial charge in [-0.25, -0.2) is 4.98 Å². The fraction of sp³-hybridized carbons (Fsp3) is 0.273. The first-order chi connectivity index (χ1) is 14.7. The molecule has 0 saturated heterocycles. The Morgan fingerprint density at radius 1 is 1.10 bits per heavy atom. The number of nitrogens with one attached hydrogen (secondary N) is 1. The number of para-hydroxylation sites is 1. The van der Waals surface area contributed by atoms with Gasteiger partial charge in [-0.3, -0.25) is 9.59 Å². The molecule has 3 aliphatic heterocycles. The number of benzene rings is 1. The van der Waals surface area contributed by atoms with E-state index in [1.807, 2.05) is 36.4 Å². The van der Waals surface area contributed by atoms with Gasteiger partial charge in [-0.05, 0) is 43.5 Å². The van der Waals surface area contributed by atoms with Gasteiger partial charge < -0.3 is 9.55 Å². The number of rotatable bonds is 5. The van der Waals surface area contributed by atoms with Gasteiger partial charge in [0.25, 0.3) is 5.56 Å². The van der Waals surface area contributed by atoms with Crippen LogP contribution in [0.1, 0.15) is 35.4 Å². The van der Waals surface area contributed by atoms with Gasteiger partial charge in [0.05, 0.1) is 17.1 Å². The Morgan fingerprint density at radius 2 is 1.97 bits per heavy atom. The molecule has 0 aliphatic carbocycles. The van der Waals surface area contributed by atoms with E-state index >= 15 is 0 Å². The van der Waals surface area contributed by atoms with Crippen molar-refractivity contribution in [3.8, 4) is 17.1 Å². The molecule has 4 heterocycles. The van der Waals surface area contributed by atoms with Crippen LogP contribution in [0.4, 0.5) is 0 Å². The van der Waals surface area contributed by atoms with Crippen LogP contribution >= 0.6 is 11.8 Å². The van der Waals surface area contributed by atoms with E-state index in [4.69, 9.17) is 4.98 Å². The number of hydrogen-bond donors (Lipinski definition) is 1. The SMILES string of the molecule is O=C(CSc1nc2nn(-c3ccccc3)c(=O)c-2c2n1CCCCC2)c1ccc[nH]1. The van der Waals surface area contributed by atoms with Gasteiger partial charge in [0.2, 0.25) is 0 Å². The molecule has 0 bridgehead atoms. The standard InChI is InChI=1S/C22H21N5O2S/c28-18(16-10-7-12-23-16)14-30-22-24-20-19(17-11-5-2-6-13-26(17)22)21(29)27(25-20)15-8-3-1-4-9-15/h1,3-4,7-10,12,23H,2,5-6,11,13-14H2. The molecule has 5 rings (SSSR count). The highest BCUT2D eigenvalue weighted by Gasteiger charge is 2.27. The van der Waals surface area contributed by atoms with Gasteiger partial charge in [-0.15, -0.1) is 5.10 Å². The number of Topliss-reactive ketones (excluding diaryl/α,β-unsaturated/α-hetero) is 1. The maximum Gasteiger partial charge on any atom is 0.284 e. The number of aromatic amines is 1. The van der Waals surface area contributed by atoms with Crippen LogP contribution < -0.4 is 5.56 Å². The molecule has 1 aromatic carbocycles. The summed E-state index contributed by atoms with van der Waals surface area (Å²) < 4.78 is 3.56. The lowest BCUT2D eigenvalue weighted by molar-refractivity contribution is 0.101. The van der Waals surface area contributed by atoms with Gasteiger partial charge in [0, 0.05) is 18.4 Å². The second-order valence-corrected chi connectivity index (χ2v) is 8.29. The average molecular weight is 420 g/mol. The maximum atomic E-state index is 13.2.